The van der Waals surface area contributed by atoms with Crippen LogP contribution in [0.4, 0.5) is 0 Å². The lowest BCUT2D eigenvalue weighted by Gasteiger charge is -2.38. The highest BCUT2D eigenvalue weighted by atomic mass is 32.1. The summed E-state index contributed by atoms with van der Waals surface area (Å²) in [5.41, 5.74) is 0.255. The topological polar surface area (TPSA) is 12.0 Å². The van der Waals surface area contributed by atoms with Crippen molar-refractivity contribution in [3.05, 3.63) is 21.9 Å². The van der Waals surface area contributed by atoms with E-state index in [-0.39, 0.29) is 5.54 Å². The zero-order chi connectivity index (χ0) is 11.8. The van der Waals surface area contributed by atoms with Crippen LogP contribution in [0.25, 0.3) is 0 Å². The minimum absolute atomic E-state index is 0.255. The third kappa shape index (κ3) is 2.86. The predicted octanol–water partition coefficient (Wildman–Crippen LogP) is 3.94. The molecule has 1 aliphatic rings. The Morgan fingerprint density at radius 1 is 1.31 bits per heavy atom. The van der Waals surface area contributed by atoms with Gasteiger partial charge in [0.1, 0.15) is 0 Å². The summed E-state index contributed by atoms with van der Waals surface area (Å²) in [6.07, 6.45) is 2.78. The summed E-state index contributed by atoms with van der Waals surface area (Å²) < 4.78 is 0. The maximum atomic E-state index is 3.63. The molecule has 0 aromatic carbocycles. The molecular weight excluding hydrogens is 214 g/mol. The van der Waals surface area contributed by atoms with Crippen molar-refractivity contribution in [1.82, 2.24) is 5.32 Å². The van der Waals surface area contributed by atoms with Crippen molar-refractivity contribution in [1.29, 1.82) is 0 Å². The van der Waals surface area contributed by atoms with Crippen LogP contribution in [0.5, 0.6) is 0 Å². The van der Waals surface area contributed by atoms with Crippen molar-refractivity contribution < 1.29 is 0 Å². The molecule has 2 unspecified atom stereocenters. The average molecular weight is 237 g/mol. The standard InChI is InChI=1S/C14H23NS/c1-10-5-8-13(16-10)12-7-6-11(12)9-15-14(2,3)4/h5,8,11-12,15H,6-7,9H2,1-4H3. The molecule has 1 N–H and O–H groups in total. The Labute approximate surface area is 103 Å². The third-order valence-electron chi connectivity index (χ3n) is 3.44. The van der Waals surface area contributed by atoms with Gasteiger partial charge in [0, 0.05) is 15.3 Å². The summed E-state index contributed by atoms with van der Waals surface area (Å²) in [4.78, 5) is 3.05. The van der Waals surface area contributed by atoms with Gasteiger partial charge in [-0.25, -0.2) is 0 Å². The van der Waals surface area contributed by atoms with E-state index in [1.54, 1.807) is 4.88 Å². The van der Waals surface area contributed by atoms with Gasteiger partial charge < -0.3 is 5.32 Å². The Kier molecular flexibility index (Phi) is 3.41. The van der Waals surface area contributed by atoms with E-state index in [4.69, 9.17) is 0 Å². The molecule has 1 heterocycles. The second-order valence-corrected chi connectivity index (χ2v) is 7.34. The Hall–Kier alpha value is -0.340. The smallest absolute Gasteiger partial charge is 0.00966 e. The molecular formula is C14H23NS. The lowest BCUT2D eigenvalue weighted by Crippen LogP contribution is -2.42. The number of thiophene rings is 1. The number of hydrogen-bond acceptors (Lipinski definition) is 2. The van der Waals surface area contributed by atoms with Gasteiger partial charge in [0.2, 0.25) is 0 Å². The highest BCUT2D eigenvalue weighted by Crippen LogP contribution is 2.44. The SMILES string of the molecule is Cc1ccc(C2CCC2CNC(C)(C)C)s1. The second-order valence-electron chi connectivity index (χ2n) is 6.02. The van der Waals surface area contributed by atoms with E-state index < -0.39 is 0 Å². The van der Waals surface area contributed by atoms with Crippen molar-refractivity contribution in [2.45, 2.75) is 52.0 Å². The molecule has 2 heteroatoms. The fraction of sp³-hybridized carbons (Fsp3) is 0.714. The lowest BCUT2D eigenvalue weighted by atomic mass is 9.72. The maximum Gasteiger partial charge on any atom is 0.00966 e. The molecule has 0 saturated heterocycles. The number of rotatable bonds is 3. The summed E-state index contributed by atoms with van der Waals surface area (Å²) >= 11 is 1.98. The first kappa shape index (κ1) is 12.1. The molecule has 0 amide bonds. The molecule has 16 heavy (non-hydrogen) atoms. The second kappa shape index (κ2) is 4.50. The Balaban J connectivity index is 1.89. The van der Waals surface area contributed by atoms with E-state index in [9.17, 15) is 0 Å². The minimum Gasteiger partial charge on any atom is -0.312 e. The maximum absolute atomic E-state index is 3.63. The first-order valence-electron chi connectivity index (χ1n) is 6.27. The highest BCUT2D eigenvalue weighted by Gasteiger charge is 2.33. The largest absolute Gasteiger partial charge is 0.312 e. The quantitative estimate of drug-likeness (QED) is 0.839. The summed E-state index contributed by atoms with van der Waals surface area (Å²) in [7, 11) is 0. The van der Waals surface area contributed by atoms with Crippen molar-refractivity contribution in [2.75, 3.05) is 6.54 Å². The van der Waals surface area contributed by atoms with Crippen LogP contribution in [0, 0.1) is 12.8 Å². The Morgan fingerprint density at radius 3 is 2.50 bits per heavy atom. The Bertz CT molecular complexity index is 348. The zero-order valence-electron chi connectivity index (χ0n) is 10.8. The normalized spacial score (nSPS) is 25.5. The van der Waals surface area contributed by atoms with Gasteiger partial charge in [-0.1, -0.05) is 0 Å². The van der Waals surface area contributed by atoms with E-state index in [2.05, 4.69) is 45.1 Å². The molecule has 0 spiro atoms. The molecule has 0 radical (unpaired) electrons. The molecule has 1 aromatic heterocycles. The molecule has 90 valence electrons. The lowest BCUT2D eigenvalue weighted by molar-refractivity contribution is 0.228. The summed E-state index contributed by atoms with van der Waals surface area (Å²) in [5, 5.41) is 3.63. The van der Waals surface area contributed by atoms with Crippen molar-refractivity contribution >= 4 is 11.3 Å². The average Bonchev–Trinajstić information content (AvgIpc) is 2.47. The minimum atomic E-state index is 0.255. The highest BCUT2D eigenvalue weighted by molar-refractivity contribution is 7.12. The zero-order valence-corrected chi connectivity index (χ0v) is 11.7. The third-order valence-corrected chi connectivity index (χ3v) is 4.57. The molecule has 1 aliphatic carbocycles. The van der Waals surface area contributed by atoms with Crippen LogP contribution in [-0.2, 0) is 0 Å². The van der Waals surface area contributed by atoms with Crippen LogP contribution in [0.3, 0.4) is 0 Å². The van der Waals surface area contributed by atoms with E-state index >= 15 is 0 Å². The first-order valence-corrected chi connectivity index (χ1v) is 7.09. The van der Waals surface area contributed by atoms with E-state index in [0.29, 0.717) is 0 Å². The van der Waals surface area contributed by atoms with E-state index in [0.717, 1.165) is 11.8 Å². The van der Waals surface area contributed by atoms with Gasteiger partial charge in [0.05, 0.1) is 0 Å². The van der Waals surface area contributed by atoms with E-state index in [1.807, 2.05) is 11.3 Å². The molecule has 2 atom stereocenters. The van der Waals surface area contributed by atoms with Crippen LogP contribution >= 0.6 is 11.3 Å². The van der Waals surface area contributed by atoms with Crippen molar-refractivity contribution in [3.8, 4) is 0 Å². The molecule has 1 fully saturated rings. The van der Waals surface area contributed by atoms with Crippen LogP contribution in [-0.4, -0.2) is 12.1 Å². The molecule has 1 saturated carbocycles. The van der Waals surface area contributed by atoms with Gasteiger partial charge >= 0.3 is 0 Å². The van der Waals surface area contributed by atoms with Crippen LogP contribution < -0.4 is 5.32 Å². The molecule has 1 nitrogen and oxygen atoms in total. The van der Waals surface area contributed by atoms with Gasteiger partial charge in [0.25, 0.3) is 0 Å². The molecule has 0 bridgehead atoms. The summed E-state index contributed by atoms with van der Waals surface area (Å²) in [5.74, 6) is 1.69. The van der Waals surface area contributed by atoms with Crippen LogP contribution in [0.2, 0.25) is 0 Å². The molecule has 0 aliphatic heterocycles. The number of nitrogens with one attached hydrogen (secondary N) is 1. The summed E-state index contributed by atoms with van der Waals surface area (Å²) in [6.45, 7) is 10.1. The van der Waals surface area contributed by atoms with Crippen molar-refractivity contribution in [2.24, 2.45) is 5.92 Å². The molecule has 1 aromatic rings. The first-order chi connectivity index (χ1) is 7.46. The number of hydrogen-bond donors (Lipinski definition) is 1. The predicted molar refractivity (Wildman–Crippen MR) is 72.3 cm³/mol. The summed E-state index contributed by atoms with van der Waals surface area (Å²) in [6, 6.07) is 4.58. The number of aryl methyl sites for hydroxylation is 1. The van der Waals surface area contributed by atoms with Gasteiger partial charge in [-0.3, -0.25) is 0 Å². The van der Waals surface area contributed by atoms with Gasteiger partial charge in [-0.15, -0.1) is 11.3 Å². The van der Waals surface area contributed by atoms with Crippen molar-refractivity contribution in [3.63, 3.8) is 0 Å². The molecule has 2 rings (SSSR count). The van der Waals surface area contributed by atoms with Gasteiger partial charge in [-0.05, 0) is 71.0 Å². The van der Waals surface area contributed by atoms with Crippen LogP contribution in [0.1, 0.15) is 49.3 Å². The monoisotopic (exact) mass is 237 g/mol. The van der Waals surface area contributed by atoms with Crippen LogP contribution in [0.15, 0.2) is 12.1 Å². The fourth-order valence-electron chi connectivity index (χ4n) is 2.28. The Morgan fingerprint density at radius 2 is 2.06 bits per heavy atom. The fourth-order valence-corrected chi connectivity index (χ4v) is 3.38. The van der Waals surface area contributed by atoms with Gasteiger partial charge in [0.15, 0.2) is 0 Å². The van der Waals surface area contributed by atoms with Gasteiger partial charge in [-0.2, -0.15) is 0 Å². The van der Waals surface area contributed by atoms with E-state index in [1.165, 1.54) is 24.3 Å².